The zero-order chi connectivity index (χ0) is 28.2. The second-order valence-electron chi connectivity index (χ2n) is 8.58. The van der Waals surface area contributed by atoms with Crippen molar-refractivity contribution in [3.05, 3.63) is 101 Å². The number of aromatic nitrogens is 3. The molecule has 1 unspecified atom stereocenters. The van der Waals surface area contributed by atoms with Crippen molar-refractivity contribution in [1.82, 2.24) is 15.0 Å². The molecule has 12 heteroatoms. The van der Waals surface area contributed by atoms with E-state index in [1.165, 1.54) is 24.5 Å². The first kappa shape index (κ1) is 28.0. The topological polar surface area (TPSA) is 100 Å². The molecule has 0 fully saturated rings. The van der Waals surface area contributed by atoms with Crippen LogP contribution in [0.5, 0.6) is 11.6 Å². The third-order valence-electron chi connectivity index (χ3n) is 5.53. The standard InChI is InChI=1S/C27H24F3N3O5S/c1-17-32-24(13-25(33-17)37-16-18-4-10-23(36-2)11-5-18)20-12-21(15-31-14-20)26(38-39(3,34)35)19-6-8-22(9-7-19)27(28,29)30/h4-15,26H,16H2,1-3H3. The molecule has 0 saturated heterocycles. The molecule has 0 saturated carbocycles. The summed E-state index contributed by atoms with van der Waals surface area (Å²) in [5, 5.41) is 0. The number of alkyl halides is 3. The molecule has 0 amide bonds. The van der Waals surface area contributed by atoms with E-state index in [9.17, 15) is 21.6 Å². The molecule has 0 spiro atoms. The number of halogens is 3. The Hall–Kier alpha value is -4.03. The molecule has 39 heavy (non-hydrogen) atoms. The summed E-state index contributed by atoms with van der Waals surface area (Å²) in [6.45, 7) is 1.94. The summed E-state index contributed by atoms with van der Waals surface area (Å²) in [6.07, 6.45) is -2.01. The molecule has 1 atom stereocenters. The van der Waals surface area contributed by atoms with Crippen LogP contribution in [0.2, 0.25) is 0 Å². The maximum atomic E-state index is 13.0. The molecule has 0 radical (unpaired) electrons. The van der Waals surface area contributed by atoms with Crippen molar-refractivity contribution in [3.63, 3.8) is 0 Å². The Bertz CT molecular complexity index is 1540. The highest BCUT2D eigenvalue weighted by molar-refractivity contribution is 7.86. The second-order valence-corrected chi connectivity index (χ2v) is 10.2. The van der Waals surface area contributed by atoms with E-state index in [0.717, 1.165) is 29.7 Å². The van der Waals surface area contributed by atoms with Gasteiger partial charge in [-0.15, -0.1) is 0 Å². The summed E-state index contributed by atoms with van der Waals surface area (Å²) in [6, 6.07) is 14.7. The number of methoxy groups -OCH3 is 1. The molecule has 0 N–H and O–H groups in total. The summed E-state index contributed by atoms with van der Waals surface area (Å²) >= 11 is 0. The van der Waals surface area contributed by atoms with Gasteiger partial charge in [-0.3, -0.25) is 9.17 Å². The first-order valence-corrected chi connectivity index (χ1v) is 13.3. The molecule has 0 aliphatic rings. The summed E-state index contributed by atoms with van der Waals surface area (Å²) in [4.78, 5) is 12.9. The largest absolute Gasteiger partial charge is 0.497 e. The van der Waals surface area contributed by atoms with E-state index in [4.69, 9.17) is 13.7 Å². The average molecular weight is 560 g/mol. The number of pyridine rings is 1. The molecular formula is C27H24F3N3O5S. The first-order chi connectivity index (χ1) is 18.4. The Labute approximate surface area is 223 Å². The summed E-state index contributed by atoms with van der Waals surface area (Å²) in [5.41, 5.74) is 1.49. The molecule has 8 nitrogen and oxygen atoms in total. The highest BCUT2D eigenvalue weighted by atomic mass is 32.2. The maximum Gasteiger partial charge on any atom is 0.416 e. The predicted octanol–water partition coefficient (Wildman–Crippen LogP) is 5.52. The lowest BCUT2D eigenvalue weighted by molar-refractivity contribution is -0.137. The molecule has 0 aliphatic heterocycles. The van der Waals surface area contributed by atoms with Gasteiger partial charge in [0.2, 0.25) is 5.88 Å². The summed E-state index contributed by atoms with van der Waals surface area (Å²) in [5.74, 6) is 1.46. The van der Waals surface area contributed by atoms with Gasteiger partial charge in [0.15, 0.2) is 0 Å². The number of aryl methyl sites for hydroxylation is 1. The van der Waals surface area contributed by atoms with Crippen molar-refractivity contribution < 1.29 is 35.2 Å². The van der Waals surface area contributed by atoms with Crippen LogP contribution in [0.4, 0.5) is 13.2 Å². The van der Waals surface area contributed by atoms with Gasteiger partial charge in [0, 0.05) is 29.6 Å². The Kier molecular flexibility index (Phi) is 8.17. The van der Waals surface area contributed by atoms with Crippen LogP contribution >= 0.6 is 0 Å². The molecule has 204 valence electrons. The third kappa shape index (κ3) is 7.52. The van der Waals surface area contributed by atoms with Gasteiger partial charge in [-0.25, -0.2) is 4.98 Å². The van der Waals surface area contributed by atoms with Crippen LogP contribution in [0, 0.1) is 6.92 Å². The van der Waals surface area contributed by atoms with E-state index < -0.39 is 28.0 Å². The van der Waals surface area contributed by atoms with Crippen LogP contribution in [0.25, 0.3) is 11.3 Å². The van der Waals surface area contributed by atoms with E-state index in [1.54, 1.807) is 26.2 Å². The van der Waals surface area contributed by atoms with Gasteiger partial charge < -0.3 is 9.47 Å². The lowest BCUT2D eigenvalue weighted by Gasteiger charge is -2.18. The zero-order valence-corrected chi connectivity index (χ0v) is 22.0. The Morgan fingerprint density at radius 1 is 0.923 bits per heavy atom. The number of nitrogens with zero attached hydrogens (tertiary/aromatic N) is 3. The van der Waals surface area contributed by atoms with E-state index in [-0.39, 0.29) is 12.2 Å². The fourth-order valence-electron chi connectivity index (χ4n) is 3.71. The van der Waals surface area contributed by atoms with Crippen molar-refractivity contribution in [2.24, 2.45) is 0 Å². The SMILES string of the molecule is COc1ccc(COc2cc(-c3cncc(C(OS(C)(=O)=O)c4ccc(C(F)(F)F)cc4)c3)nc(C)n2)cc1. The highest BCUT2D eigenvalue weighted by Crippen LogP contribution is 2.34. The fourth-order valence-corrected chi connectivity index (χ4v) is 4.28. The number of hydrogen-bond donors (Lipinski definition) is 0. The summed E-state index contributed by atoms with van der Waals surface area (Å²) < 4.78 is 79.4. The second kappa shape index (κ2) is 11.4. The van der Waals surface area contributed by atoms with Crippen LogP contribution in [-0.4, -0.2) is 36.7 Å². The maximum absolute atomic E-state index is 13.0. The minimum atomic E-state index is -4.54. The molecule has 4 rings (SSSR count). The minimum Gasteiger partial charge on any atom is -0.497 e. The summed E-state index contributed by atoms with van der Waals surface area (Å²) in [7, 11) is -2.41. The first-order valence-electron chi connectivity index (χ1n) is 11.5. The van der Waals surface area contributed by atoms with Gasteiger partial charge in [0.1, 0.15) is 24.3 Å². The molecule has 2 aromatic heterocycles. The molecule has 0 bridgehead atoms. The van der Waals surface area contributed by atoms with Crippen molar-refractivity contribution >= 4 is 10.1 Å². The number of rotatable bonds is 9. The minimum absolute atomic E-state index is 0.203. The van der Waals surface area contributed by atoms with Crippen molar-refractivity contribution in [3.8, 4) is 22.9 Å². The third-order valence-corrected chi connectivity index (χ3v) is 6.07. The molecule has 2 heterocycles. The lowest BCUT2D eigenvalue weighted by atomic mass is 10.00. The van der Waals surface area contributed by atoms with Gasteiger partial charge in [-0.2, -0.15) is 26.6 Å². The monoisotopic (exact) mass is 559 g/mol. The van der Waals surface area contributed by atoms with E-state index in [2.05, 4.69) is 15.0 Å². The van der Waals surface area contributed by atoms with Gasteiger partial charge >= 0.3 is 6.18 Å². The molecule has 0 aliphatic carbocycles. The van der Waals surface area contributed by atoms with Crippen LogP contribution in [0.15, 0.2) is 73.1 Å². The van der Waals surface area contributed by atoms with Gasteiger partial charge in [0.25, 0.3) is 10.1 Å². The van der Waals surface area contributed by atoms with E-state index >= 15 is 0 Å². The normalized spacial score (nSPS) is 12.7. The van der Waals surface area contributed by atoms with Crippen molar-refractivity contribution in [1.29, 1.82) is 0 Å². The van der Waals surface area contributed by atoms with E-state index in [1.807, 2.05) is 24.3 Å². The van der Waals surface area contributed by atoms with Crippen molar-refractivity contribution in [2.75, 3.05) is 13.4 Å². The van der Waals surface area contributed by atoms with Gasteiger partial charge in [-0.05, 0) is 48.4 Å². The van der Waals surface area contributed by atoms with Crippen LogP contribution in [-0.2, 0) is 27.1 Å². The van der Waals surface area contributed by atoms with Crippen LogP contribution in [0.1, 0.15) is 34.2 Å². The Morgan fingerprint density at radius 2 is 1.62 bits per heavy atom. The molecule has 2 aromatic carbocycles. The number of hydrogen-bond acceptors (Lipinski definition) is 8. The number of ether oxygens (including phenoxy) is 2. The highest BCUT2D eigenvalue weighted by Gasteiger charge is 2.31. The average Bonchev–Trinajstić information content (AvgIpc) is 2.90. The molecule has 4 aromatic rings. The predicted molar refractivity (Wildman–Crippen MR) is 137 cm³/mol. The number of benzene rings is 2. The van der Waals surface area contributed by atoms with Crippen molar-refractivity contribution in [2.45, 2.75) is 25.8 Å². The van der Waals surface area contributed by atoms with Gasteiger partial charge in [0.05, 0.1) is 24.6 Å². The quantitative estimate of drug-likeness (QED) is 0.247. The van der Waals surface area contributed by atoms with Gasteiger partial charge in [-0.1, -0.05) is 24.3 Å². The Balaban J connectivity index is 1.63. The van der Waals surface area contributed by atoms with Crippen LogP contribution < -0.4 is 9.47 Å². The Morgan fingerprint density at radius 3 is 2.23 bits per heavy atom. The smallest absolute Gasteiger partial charge is 0.416 e. The lowest BCUT2D eigenvalue weighted by Crippen LogP contribution is -2.13. The van der Waals surface area contributed by atoms with E-state index in [0.29, 0.717) is 28.5 Å². The zero-order valence-electron chi connectivity index (χ0n) is 21.1. The fraction of sp³-hybridized carbons (Fsp3) is 0.222. The molecular weight excluding hydrogens is 535 g/mol. The van der Waals surface area contributed by atoms with Crippen LogP contribution in [0.3, 0.4) is 0 Å².